The van der Waals surface area contributed by atoms with Crippen molar-refractivity contribution in [2.75, 3.05) is 18.5 Å². The molecular weight excluding hydrogens is 370 g/mol. The van der Waals surface area contributed by atoms with Gasteiger partial charge in [-0.3, -0.25) is 9.78 Å². The van der Waals surface area contributed by atoms with Crippen LogP contribution < -0.4 is 5.32 Å². The summed E-state index contributed by atoms with van der Waals surface area (Å²) in [7, 11) is 0. The molecule has 1 aromatic carbocycles. The fraction of sp³-hybridized carbons (Fsp3) is 0.333. The largest absolute Gasteiger partial charge is 0.394 e. The van der Waals surface area contributed by atoms with Crippen molar-refractivity contribution in [3.63, 3.8) is 0 Å². The number of halogens is 1. The molecule has 24 heavy (non-hydrogen) atoms. The zero-order valence-corrected chi connectivity index (χ0v) is 14.6. The molecule has 1 aromatic heterocycles. The maximum Gasteiger partial charge on any atom is 0.272 e. The number of nitrogens with zero attached hydrogens (tertiary/aromatic N) is 2. The summed E-state index contributed by atoms with van der Waals surface area (Å²) in [6, 6.07) is 11.4. The summed E-state index contributed by atoms with van der Waals surface area (Å²) < 4.78 is 0.987. The van der Waals surface area contributed by atoms with Crippen molar-refractivity contribution in [1.82, 2.24) is 9.88 Å². The van der Waals surface area contributed by atoms with Crippen LogP contribution >= 0.6 is 15.9 Å². The normalized spacial score (nSPS) is 24.9. The van der Waals surface area contributed by atoms with Gasteiger partial charge in [-0.05, 0) is 42.3 Å². The second-order valence-corrected chi connectivity index (χ2v) is 7.19. The highest BCUT2D eigenvalue weighted by atomic mass is 79.9. The van der Waals surface area contributed by atoms with Crippen molar-refractivity contribution in [2.24, 2.45) is 5.92 Å². The second kappa shape index (κ2) is 6.18. The molecule has 124 valence electrons. The lowest BCUT2D eigenvalue weighted by Gasteiger charge is -2.39. The Labute approximate surface area is 148 Å². The summed E-state index contributed by atoms with van der Waals surface area (Å²) in [4.78, 5) is 19.1. The summed E-state index contributed by atoms with van der Waals surface area (Å²) in [6.07, 6.45) is 2.51. The van der Waals surface area contributed by atoms with E-state index in [9.17, 15) is 9.90 Å². The van der Waals surface area contributed by atoms with Crippen LogP contribution in [0.15, 0.2) is 47.1 Å². The predicted molar refractivity (Wildman–Crippen MR) is 94.8 cm³/mol. The van der Waals surface area contributed by atoms with Gasteiger partial charge in [-0.2, -0.15) is 0 Å². The van der Waals surface area contributed by atoms with Gasteiger partial charge in [0.1, 0.15) is 5.69 Å². The molecule has 0 radical (unpaired) electrons. The lowest BCUT2D eigenvalue weighted by Crippen LogP contribution is -2.43. The zero-order chi connectivity index (χ0) is 16.7. The zero-order valence-electron chi connectivity index (χ0n) is 13.0. The number of aliphatic hydroxyl groups excluding tert-OH is 1. The summed E-state index contributed by atoms with van der Waals surface area (Å²) in [5, 5.41) is 13.2. The molecule has 2 aliphatic rings. The molecule has 0 aliphatic carbocycles. The van der Waals surface area contributed by atoms with Crippen LogP contribution in [0.4, 0.5) is 5.69 Å². The molecule has 2 aliphatic heterocycles. The first kappa shape index (κ1) is 15.6. The van der Waals surface area contributed by atoms with Crippen molar-refractivity contribution >= 4 is 27.5 Å². The van der Waals surface area contributed by atoms with Gasteiger partial charge >= 0.3 is 0 Å². The fourth-order valence-corrected chi connectivity index (χ4v) is 4.28. The van der Waals surface area contributed by atoms with Crippen LogP contribution in [0, 0.1) is 5.92 Å². The Morgan fingerprint density at radius 3 is 3.00 bits per heavy atom. The highest BCUT2D eigenvalue weighted by molar-refractivity contribution is 9.10. The minimum Gasteiger partial charge on any atom is -0.394 e. The Morgan fingerprint density at radius 2 is 2.25 bits per heavy atom. The molecule has 5 nitrogen and oxygen atoms in total. The van der Waals surface area contributed by atoms with Crippen molar-refractivity contribution < 1.29 is 9.90 Å². The van der Waals surface area contributed by atoms with E-state index in [0.717, 1.165) is 22.1 Å². The molecule has 1 amide bonds. The molecule has 0 unspecified atom stereocenters. The van der Waals surface area contributed by atoms with Gasteiger partial charge < -0.3 is 15.3 Å². The maximum atomic E-state index is 13.0. The molecule has 0 saturated carbocycles. The second-order valence-electron chi connectivity index (χ2n) is 6.28. The van der Waals surface area contributed by atoms with Crippen LogP contribution in [-0.2, 0) is 0 Å². The number of likely N-dealkylation sites (tertiary alicyclic amines) is 1. The van der Waals surface area contributed by atoms with Crippen molar-refractivity contribution in [2.45, 2.75) is 18.5 Å². The molecule has 2 aromatic rings. The molecule has 0 bridgehead atoms. The number of fused-ring (bicyclic) bond motifs is 3. The number of carbonyl (C=O) groups excluding carboxylic acids is 1. The van der Waals surface area contributed by atoms with Gasteiger partial charge in [-0.25, -0.2) is 0 Å². The van der Waals surface area contributed by atoms with E-state index in [1.807, 2.05) is 29.2 Å². The summed E-state index contributed by atoms with van der Waals surface area (Å²) in [5.41, 5.74) is 2.55. The molecular formula is C18H18BrN3O2. The van der Waals surface area contributed by atoms with Crippen molar-refractivity contribution in [1.29, 1.82) is 0 Å². The van der Waals surface area contributed by atoms with E-state index in [0.29, 0.717) is 12.2 Å². The van der Waals surface area contributed by atoms with Crippen LogP contribution in [0.1, 0.15) is 28.5 Å². The smallest absolute Gasteiger partial charge is 0.272 e. The maximum absolute atomic E-state index is 13.0. The molecule has 1 fully saturated rings. The third-order valence-corrected chi connectivity index (χ3v) is 5.47. The third-order valence-electron chi connectivity index (χ3n) is 4.98. The average Bonchev–Trinajstić information content (AvgIpc) is 3.06. The Balaban J connectivity index is 1.75. The molecule has 3 heterocycles. The van der Waals surface area contributed by atoms with Gasteiger partial charge in [0, 0.05) is 28.8 Å². The quantitative estimate of drug-likeness (QED) is 0.831. The average molecular weight is 388 g/mol. The topological polar surface area (TPSA) is 65.5 Å². The lowest BCUT2D eigenvalue weighted by molar-refractivity contribution is 0.0695. The van der Waals surface area contributed by atoms with Gasteiger partial charge in [0.15, 0.2) is 0 Å². The number of benzene rings is 1. The lowest BCUT2D eigenvalue weighted by atomic mass is 9.83. The Morgan fingerprint density at radius 1 is 1.38 bits per heavy atom. The van der Waals surface area contributed by atoms with E-state index < -0.39 is 0 Å². The Bertz CT molecular complexity index is 768. The number of hydrogen-bond acceptors (Lipinski definition) is 4. The monoisotopic (exact) mass is 387 g/mol. The number of aliphatic hydroxyl groups is 1. The van der Waals surface area contributed by atoms with Crippen molar-refractivity contribution in [3.8, 4) is 0 Å². The Hall–Kier alpha value is -1.92. The van der Waals surface area contributed by atoms with Gasteiger partial charge in [0.05, 0.1) is 18.7 Å². The minimum atomic E-state index is -0.0485. The van der Waals surface area contributed by atoms with E-state index in [2.05, 4.69) is 32.3 Å². The van der Waals surface area contributed by atoms with E-state index in [1.54, 1.807) is 12.3 Å². The third kappa shape index (κ3) is 2.50. The van der Waals surface area contributed by atoms with Crippen molar-refractivity contribution in [3.05, 3.63) is 58.3 Å². The number of amides is 1. The first-order valence-electron chi connectivity index (χ1n) is 8.08. The molecule has 6 heteroatoms. The number of hydrogen-bond donors (Lipinski definition) is 2. The highest BCUT2D eigenvalue weighted by Gasteiger charge is 2.46. The fourth-order valence-electron chi connectivity index (χ4n) is 3.90. The highest BCUT2D eigenvalue weighted by Crippen LogP contribution is 2.47. The Kier molecular flexibility index (Phi) is 4.02. The number of rotatable bonds is 2. The standard InChI is InChI=1S/C18H18BrN3O2/c19-11-4-5-14-13(9-11)17-12(16(10-23)21-14)6-8-22(17)18(24)15-3-1-2-7-20-15/h1-5,7,9,12,16-17,21,23H,6,8,10H2/t12-,16+,17-/m0/s1. The first-order valence-corrected chi connectivity index (χ1v) is 8.87. The SMILES string of the molecule is O=C(c1ccccn1)N1CC[C@@H]2[C@H]1c1cc(Br)ccc1N[C@@H]2CO. The number of carbonyl (C=O) groups is 1. The van der Waals surface area contributed by atoms with Crippen LogP contribution in [0.3, 0.4) is 0 Å². The minimum absolute atomic E-state index is 0.0367. The first-order chi connectivity index (χ1) is 11.7. The predicted octanol–water partition coefficient (Wildman–Crippen LogP) is 2.83. The number of anilines is 1. The summed E-state index contributed by atoms with van der Waals surface area (Å²) >= 11 is 3.53. The number of nitrogens with one attached hydrogen (secondary N) is 1. The molecule has 0 spiro atoms. The van der Waals surface area contributed by atoms with Crippen LogP contribution in [0.5, 0.6) is 0 Å². The van der Waals surface area contributed by atoms with Gasteiger partial charge in [-0.15, -0.1) is 0 Å². The van der Waals surface area contributed by atoms with Gasteiger partial charge in [0.25, 0.3) is 5.91 Å². The van der Waals surface area contributed by atoms with E-state index in [4.69, 9.17) is 0 Å². The molecule has 3 atom stereocenters. The van der Waals surface area contributed by atoms with E-state index in [1.165, 1.54) is 0 Å². The van der Waals surface area contributed by atoms with Gasteiger partial charge in [-0.1, -0.05) is 22.0 Å². The number of pyridine rings is 1. The molecule has 1 saturated heterocycles. The number of aromatic nitrogens is 1. The van der Waals surface area contributed by atoms with Crippen LogP contribution in [0.2, 0.25) is 0 Å². The van der Waals surface area contributed by atoms with Crippen LogP contribution in [-0.4, -0.2) is 40.1 Å². The molecule has 4 rings (SSSR count). The van der Waals surface area contributed by atoms with Crippen LogP contribution in [0.25, 0.3) is 0 Å². The van der Waals surface area contributed by atoms with E-state index in [-0.39, 0.29) is 30.5 Å². The molecule has 2 N–H and O–H groups in total. The van der Waals surface area contributed by atoms with Gasteiger partial charge in [0.2, 0.25) is 0 Å². The summed E-state index contributed by atoms with van der Waals surface area (Å²) in [5.74, 6) is 0.150. The van der Waals surface area contributed by atoms with E-state index >= 15 is 0 Å². The summed E-state index contributed by atoms with van der Waals surface area (Å²) in [6.45, 7) is 0.733.